The minimum atomic E-state index is 0.654. The summed E-state index contributed by atoms with van der Waals surface area (Å²) in [6.45, 7) is 0.764. The van der Waals surface area contributed by atoms with Crippen molar-refractivity contribution in [3.8, 4) is 0 Å². The first-order chi connectivity index (χ1) is 8.06. The summed E-state index contributed by atoms with van der Waals surface area (Å²) < 4.78 is 1.79. The third-order valence-electron chi connectivity index (χ3n) is 2.58. The fourth-order valence-electron chi connectivity index (χ4n) is 1.79. The van der Waals surface area contributed by atoms with Gasteiger partial charge in [0.2, 0.25) is 0 Å². The van der Waals surface area contributed by atoms with E-state index in [0.717, 1.165) is 17.8 Å². The molecule has 1 aromatic carbocycles. The molecule has 0 aliphatic carbocycles. The minimum Gasteiger partial charge on any atom is -0.397 e. The van der Waals surface area contributed by atoms with Gasteiger partial charge < -0.3 is 10.6 Å². The van der Waals surface area contributed by atoms with Crippen LogP contribution in [0.15, 0.2) is 30.6 Å². The highest BCUT2D eigenvalue weighted by Gasteiger charge is 2.07. The van der Waals surface area contributed by atoms with E-state index in [4.69, 9.17) is 17.3 Å². The van der Waals surface area contributed by atoms with E-state index in [1.54, 1.807) is 10.7 Å². The lowest BCUT2D eigenvalue weighted by atomic mass is 10.2. The number of anilines is 2. The number of nitrogen functional groups attached to an aromatic ring is 1. The Kier molecular flexibility index (Phi) is 3.24. The molecular weight excluding hydrogens is 236 g/mol. The number of hydrogen-bond donors (Lipinski definition) is 1. The van der Waals surface area contributed by atoms with E-state index in [1.807, 2.05) is 38.6 Å². The Bertz CT molecular complexity index is 521. The molecule has 17 heavy (non-hydrogen) atoms. The molecule has 1 aromatic heterocycles. The number of nitrogens with two attached hydrogens (primary N) is 1. The van der Waals surface area contributed by atoms with Crippen LogP contribution in [0.25, 0.3) is 0 Å². The van der Waals surface area contributed by atoms with Gasteiger partial charge in [0.05, 0.1) is 17.6 Å². The molecule has 0 bridgehead atoms. The van der Waals surface area contributed by atoms with E-state index in [2.05, 4.69) is 10.00 Å². The fourth-order valence-corrected chi connectivity index (χ4v) is 1.97. The maximum absolute atomic E-state index is 5.93. The van der Waals surface area contributed by atoms with Crippen LogP contribution in [-0.4, -0.2) is 16.8 Å². The fraction of sp³-hybridized carbons (Fsp3) is 0.250. The van der Waals surface area contributed by atoms with Gasteiger partial charge >= 0.3 is 0 Å². The molecule has 0 atom stereocenters. The first-order valence-electron chi connectivity index (χ1n) is 5.30. The van der Waals surface area contributed by atoms with Crippen LogP contribution in [0.1, 0.15) is 5.56 Å². The number of aryl methyl sites for hydroxylation is 1. The molecule has 0 aliphatic rings. The topological polar surface area (TPSA) is 47.1 Å². The molecular formula is C12H15ClN4. The lowest BCUT2D eigenvalue weighted by molar-refractivity contribution is 0.766. The van der Waals surface area contributed by atoms with Crippen LogP contribution in [-0.2, 0) is 13.6 Å². The van der Waals surface area contributed by atoms with Crippen LogP contribution < -0.4 is 10.6 Å². The normalized spacial score (nSPS) is 10.5. The Labute approximate surface area is 106 Å². The molecule has 2 rings (SSSR count). The van der Waals surface area contributed by atoms with Gasteiger partial charge in [-0.2, -0.15) is 5.10 Å². The summed E-state index contributed by atoms with van der Waals surface area (Å²) in [5, 5.41) is 4.79. The standard InChI is InChI=1S/C12H15ClN4/c1-16(7-9-6-15-17(2)8-9)12-4-3-10(13)5-11(12)14/h3-6,8H,7,14H2,1-2H3. The summed E-state index contributed by atoms with van der Waals surface area (Å²) in [5.74, 6) is 0. The van der Waals surface area contributed by atoms with Crippen LogP contribution >= 0.6 is 11.6 Å². The number of benzene rings is 1. The second kappa shape index (κ2) is 4.67. The SMILES string of the molecule is CN(Cc1cnn(C)c1)c1ccc(Cl)cc1N. The van der Waals surface area contributed by atoms with Gasteiger partial charge in [-0.3, -0.25) is 4.68 Å². The van der Waals surface area contributed by atoms with Crippen molar-refractivity contribution in [2.45, 2.75) is 6.54 Å². The molecule has 0 saturated heterocycles. The first-order valence-corrected chi connectivity index (χ1v) is 5.68. The van der Waals surface area contributed by atoms with Crippen LogP contribution in [0.4, 0.5) is 11.4 Å². The summed E-state index contributed by atoms with van der Waals surface area (Å²) in [6, 6.07) is 5.53. The van der Waals surface area contributed by atoms with Gasteiger partial charge in [-0.25, -0.2) is 0 Å². The summed E-state index contributed by atoms with van der Waals surface area (Å²) in [7, 11) is 3.90. The summed E-state index contributed by atoms with van der Waals surface area (Å²) >= 11 is 5.87. The van der Waals surface area contributed by atoms with Gasteiger partial charge in [0, 0.05) is 37.4 Å². The molecule has 0 unspecified atom stereocenters. The van der Waals surface area contributed by atoms with E-state index < -0.39 is 0 Å². The van der Waals surface area contributed by atoms with Crippen LogP contribution in [0.5, 0.6) is 0 Å². The molecule has 0 spiro atoms. The maximum atomic E-state index is 5.93. The highest BCUT2D eigenvalue weighted by Crippen LogP contribution is 2.26. The second-order valence-electron chi connectivity index (χ2n) is 4.08. The van der Waals surface area contributed by atoms with Crippen LogP contribution in [0, 0.1) is 0 Å². The predicted molar refractivity (Wildman–Crippen MR) is 71.2 cm³/mol. The van der Waals surface area contributed by atoms with Crippen molar-refractivity contribution in [3.63, 3.8) is 0 Å². The van der Waals surface area contributed by atoms with Crippen molar-refractivity contribution < 1.29 is 0 Å². The average molecular weight is 251 g/mol. The lowest BCUT2D eigenvalue weighted by Crippen LogP contribution is -2.17. The van der Waals surface area contributed by atoms with E-state index in [9.17, 15) is 0 Å². The van der Waals surface area contributed by atoms with Crippen molar-refractivity contribution in [3.05, 3.63) is 41.2 Å². The third-order valence-corrected chi connectivity index (χ3v) is 2.81. The van der Waals surface area contributed by atoms with E-state index in [-0.39, 0.29) is 0 Å². The van der Waals surface area contributed by atoms with Gasteiger partial charge in [0.25, 0.3) is 0 Å². The number of nitrogens with zero attached hydrogens (tertiary/aromatic N) is 3. The smallest absolute Gasteiger partial charge is 0.0601 e. The summed E-state index contributed by atoms with van der Waals surface area (Å²) in [4.78, 5) is 2.07. The minimum absolute atomic E-state index is 0.654. The Morgan fingerprint density at radius 1 is 1.47 bits per heavy atom. The number of hydrogen-bond acceptors (Lipinski definition) is 3. The number of rotatable bonds is 3. The summed E-state index contributed by atoms with van der Waals surface area (Å²) in [6.07, 6.45) is 3.84. The van der Waals surface area contributed by atoms with E-state index in [1.165, 1.54) is 0 Å². The molecule has 90 valence electrons. The Hall–Kier alpha value is -1.68. The lowest BCUT2D eigenvalue weighted by Gasteiger charge is -2.20. The molecule has 0 fully saturated rings. The Morgan fingerprint density at radius 2 is 2.24 bits per heavy atom. The molecule has 0 radical (unpaired) electrons. The Morgan fingerprint density at radius 3 is 2.82 bits per heavy atom. The van der Waals surface area contributed by atoms with Crippen molar-refractivity contribution >= 4 is 23.0 Å². The highest BCUT2D eigenvalue weighted by atomic mass is 35.5. The number of halogens is 1. The second-order valence-corrected chi connectivity index (χ2v) is 4.52. The number of aromatic nitrogens is 2. The average Bonchev–Trinajstić information content (AvgIpc) is 2.63. The van der Waals surface area contributed by atoms with Crippen molar-refractivity contribution in [2.75, 3.05) is 17.7 Å². The largest absolute Gasteiger partial charge is 0.397 e. The van der Waals surface area contributed by atoms with E-state index in [0.29, 0.717) is 10.7 Å². The van der Waals surface area contributed by atoms with Crippen LogP contribution in [0.3, 0.4) is 0 Å². The van der Waals surface area contributed by atoms with Gasteiger partial charge in [-0.1, -0.05) is 11.6 Å². The van der Waals surface area contributed by atoms with Gasteiger partial charge in [0.15, 0.2) is 0 Å². The third kappa shape index (κ3) is 2.71. The van der Waals surface area contributed by atoms with Crippen LogP contribution in [0.2, 0.25) is 5.02 Å². The quantitative estimate of drug-likeness (QED) is 0.851. The van der Waals surface area contributed by atoms with Gasteiger partial charge in [-0.05, 0) is 18.2 Å². The molecule has 2 aromatic rings. The zero-order valence-electron chi connectivity index (χ0n) is 9.89. The zero-order chi connectivity index (χ0) is 12.4. The maximum Gasteiger partial charge on any atom is 0.0601 e. The molecule has 2 N–H and O–H groups in total. The van der Waals surface area contributed by atoms with Crippen molar-refractivity contribution in [2.24, 2.45) is 7.05 Å². The molecule has 5 heteroatoms. The molecule has 0 aliphatic heterocycles. The van der Waals surface area contributed by atoms with Gasteiger partial charge in [-0.15, -0.1) is 0 Å². The highest BCUT2D eigenvalue weighted by molar-refractivity contribution is 6.31. The monoisotopic (exact) mass is 250 g/mol. The van der Waals surface area contributed by atoms with E-state index >= 15 is 0 Å². The molecule has 0 amide bonds. The zero-order valence-corrected chi connectivity index (χ0v) is 10.6. The van der Waals surface area contributed by atoms with Crippen molar-refractivity contribution in [1.82, 2.24) is 9.78 Å². The Balaban J connectivity index is 2.17. The molecule has 1 heterocycles. The molecule has 4 nitrogen and oxygen atoms in total. The molecule has 0 saturated carbocycles. The first kappa shape index (κ1) is 11.8. The van der Waals surface area contributed by atoms with Crippen molar-refractivity contribution in [1.29, 1.82) is 0 Å². The predicted octanol–water partition coefficient (Wildman–Crippen LogP) is 2.29. The summed E-state index contributed by atoms with van der Waals surface area (Å²) in [5.41, 5.74) is 8.73. The van der Waals surface area contributed by atoms with Gasteiger partial charge in [0.1, 0.15) is 0 Å².